The minimum absolute atomic E-state index is 0.00509. The third-order valence-corrected chi connectivity index (χ3v) is 6.42. The molecule has 0 amide bonds. The minimum atomic E-state index is -0.0537. The lowest BCUT2D eigenvalue weighted by Gasteiger charge is -2.40. The molecule has 0 spiro atoms. The number of ether oxygens (including phenoxy) is 1. The van der Waals surface area contributed by atoms with E-state index in [-0.39, 0.29) is 17.6 Å². The lowest BCUT2D eigenvalue weighted by atomic mass is 9.63. The Morgan fingerprint density at radius 2 is 1.75 bits per heavy atom. The van der Waals surface area contributed by atoms with Gasteiger partial charge in [0.15, 0.2) is 5.78 Å². The van der Waals surface area contributed by atoms with Crippen molar-refractivity contribution < 1.29 is 14.6 Å². The third kappa shape index (κ3) is 1.87. The summed E-state index contributed by atoms with van der Waals surface area (Å²) in [6.45, 7) is 0. The molecule has 0 aromatic heterocycles. The number of carbonyl (C=O) groups is 1. The topological polar surface area (TPSA) is 46.5 Å². The van der Waals surface area contributed by atoms with Gasteiger partial charge >= 0.3 is 0 Å². The van der Waals surface area contributed by atoms with Crippen LogP contribution < -0.4 is 4.74 Å². The molecular weight excluding hydrogens is 300 g/mol. The number of allylic oxidation sites excluding steroid dienone is 4. The van der Waals surface area contributed by atoms with Gasteiger partial charge in [-0.3, -0.25) is 4.79 Å². The van der Waals surface area contributed by atoms with Crippen LogP contribution in [0, 0.1) is 23.7 Å². The van der Waals surface area contributed by atoms with Crippen molar-refractivity contribution in [3.05, 3.63) is 47.2 Å². The number of rotatable bonds is 3. The van der Waals surface area contributed by atoms with Crippen LogP contribution in [0.5, 0.6) is 5.75 Å². The van der Waals surface area contributed by atoms with Crippen LogP contribution in [-0.2, 0) is 4.79 Å². The number of aliphatic hydroxyl groups excluding tert-OH is 1. The molecule has 4 atom stereocenters. The predicted molar refractivity (Wildman–Crippen MR) is 91.9 cm³/mol. The molecule has 5 aliphatic carbocycles. The number of carbonyl (C=O) groups excluding carboxylic acids is 1. The molecule has 5 aliphatic rings. The Kier molecular flexibility index (Phi) is 2.97. The van der Waals surface area contributed by atoms with E-state index in [4.69, 9.17) is 4.74 Å². The molecule has 0 radical (unpaired) electrons. The molecule has 1 N–H and O–H groups in total. The van der Waals surface area contributed by atoms with Crippen LogP contribution in [0.15, 0.2) is 36.1 Å². The smallest absolute Gasteiger partial charge is 0.171 e. The fourth-order valence-corrected chi connectivity index (χ4v) is 5.08. The zero-order valence-corrected chi connectivity index (χ0v) is 13.9. The Balaban J connectivity index is 1.66. The normalized spacial score (nSPS) is 34.0. The van der Waals surface area contributed by atoms with Gasteiger partial charge in [-0.25, -0.2) is 0 Å². The average molecular weight is 322 g/mol. The second kappa shape index (κ2) is 4.98. The number of Topliss-reactive ketones (excluding diaryl/α,β-unsaturated/α-hetero) is 1. The molecule has 2 bridgehead atoms. The lowest BCUT2D eigenvalue weighted by molar-refractivity contribution is -0.120. The highest BCUT2D eigenvalue weighted by molar-refractivity contribution is 6.25. The second-order valence-electron chi connectivity index (χ2n) is 7.69. The zero-order valence-electron chi connectivity index (χ0n) is 13.9. The highest BCUT2D eigenvalue weighted by Crippen LogP contribution is 2.55. The number of benzene rings is 1. The summed E-state index contributed by atoms with van der Waals surface area (Å²) in [5.74, 6) is 2.30. The summed E-state index contributed by atoms with van der Waals surface area (Å²) in [5.41, 5.74) is 2.68. The Morgan fingerprint density at radius 3 is 2.33 bits per heavy atom. The first-order valence-corrected chi connectivity index (χ1v) is 9.03. The van der Waals surface area contributed by atoms with Crippen LogP contribution >= 0.6 is 0 Å². The molecule has 6 rings (SSSR count). The first kappa shape index (κ1) is 14.3. The molecule has 3 heteroatoms. The van der Waals surface area contributed by atoms with Crippen molar-refractivity contribution in [3.63, 3.8) is 0 Å². The Hall–Kier alpha value is -2.03. The Labute approximate surface area is 142 Å². The highest BCUT2D eigenvalue weighted by atomic mass is 16.5. The van der Waals surface area contributed by atoms with Gasteiger partial charge in [-0.15, -0.1) is 0 Å². The van der Waals surface area contributed by atoms with Crippen molar-refractivity contribution in [2.24, 2.45) is 23.7 Å². The van der Waals surface area contributed by atoms with Crippen molar-refractivity contribution in [3.8, 4) is 5.75 Å². The standard InChI is InChI=1S/C21H22O3/c1-24-14-8-9-15(11-2-3-11)16(10-14)19-20(22)17-12-4-5-13(7-6-12)18(17)21(19)23/h4-5,8-13,17-18,22H,2-3,6-7H2,1H3. The van der Waals surface area contributed by atoms with Crippen molar-refractivity contribution in [1.82, 2.24) is 0 Å². The second-order valence-corrected chi connectivity index (χ2v) is 7.69. The third-order valence-electron chi connectivity index (χ3n) is 6.42. The molecule has 1 aromatic rings. The largest absolute Gasteiger partial charge is 0.511 e. The molecule has 1 aromatic carbocycles. The zero-order chi connectivity index (χ0) is 16.4. The Bertz CT molecular complexity index is 784. The van der Waals surface area contributed by atoms with E-state index < -0.39 is 0 Å². The SMILES string of the molecule is COc1ccc(C2CC2)c(C2=C(O)C3C4C=CC(CC4)C3C2=O)c1. The van der Waals surface area contributed by atoms with Crippen molar-refractivity contribution in [2.75, 3.05) is 7.11 Å². The maximum absolute atomic E-state index is 13.2. The van der Waals surface area contributed by atoms with E-state index in [1.807, 2.05) is 12.1 Å². The van der Waals surface area contributed by atoms with Crippen LogP contribution in [0.25, 0.3) is 5.57 Å². The van der Waals surface area contributed by atoms with E-state index in [0.29, 0.717) is 29.1 Å². The molecule has 3 nitrogen and oxygen atoms in total. The molecule has 2 saturated carbocycles. The fourth-order valence-electron chi connectivity index (χ4n) is 5.08. The van der Waals surface area contributed by atoms with Crippen molar-refractivity contribution in [2.45, 2.75) is 31.6 Å². The van der Waals surface area contributed by atoms with Gasteiger partial charge in [0.05, 0.1) is 12.7 Å². The van der Waals surface area contributed by atoms with Crippen LogP contribution in [-0.4, -0.2) is 18.0 Å². The first-order chi connectivity index (χ1) is 11.7. The van der Waals surface area contributed by atoms with Gasteiger partial charge in [0.25, 0.3) is 0 Å². The number of aliphatic hydroxyl groups is 1. The number of fused-ring (bicyclic) bond motifs is 1. The van der Waals surface area contributed by atoms with Gasteiger partial charge in [-0.2, -0.15) is 0 Å². The lowest BCUT2D eigenvalue weighted by Crippen LogP contribution is -2.38. The number of hydrogen-bond donors (Lipinski definition) is 1. The number of methoxy groups -OCH3 is 1. The van der Waals surface area contributed by atoms with E-state index in [1.165, 1.54) is 18.4 Å². The summed E-state index contributed by atoms with van der Waals surface area (Å²) in [5, 5.41) is 11.0. The van der Waals surface area contributed by atoms with Crippen LogP contribution in [0.1, 0.15) is 42.7 Å². The number of ketones is 1. The fraction of sp³-hybridized carbons (Fsp3) is 0.476. The monoisotopic (exact) mass is 322 g/mol. The molecule has 124 valence electrons. The van der Waals surface area contributed by atoms with E-state index in [1.54, 1.807) is 7.11 Å². The van der Waals surface area contributed by atoms with Crippen LogP contribution in [0.4, 0.5) is 0 Å². The van der Waals surface area contributed by atoms with Crippen LogP contribution in [0.2, 0.25) is 0 Å². The van der Waals surface area contributed by atoms with Gasteiger partial charge in [0.1, 0.15) is 11.5 Å². The maximum Gasteiger partial charge on any atom is 0.171 e. The van der Waals surface area contributed by atoms with Gasteiger partial charge in [-0.05, 0) is 66.7 Å². The van der Waals surface area contributed by atoms with Gasteiger partial charge in [0.2, 0.25) is 0 Å². The van der Waals surface area contributed by atoms with Crippen LogP contribution in [0.3, 0.4) is 0 Å². The van der Waals surface area contributed by atoms with Gasteiger partial charge in [-0.1, -0.05) is 18.2 Å². The molecule has 0 saturated heterocycles. The van der Waals surface area contributed by atoms with Gasteiger partial charge < -0.3 is 9.84 Å². The summed E-state index contributed by atoms with van der Waals surface area (Å²) in [7, 11) is 1.64. The molecule has 4 unspecified atom stereocenters. The van der Waals surface area contributed by atoms with E-state index in [0.717, 1.165) is 24.2 Å². The van der Waals surface area contributed by atoms with Crippen molar-refractivity contribution in [1.29, 1.82) is 0 Å². The summed E-state index contributed by atoms with van der Waals surface area (Å²) in [6.07, 6.45) is 8.91. The Morgan fingerprint density at radius 1 is 1.04 bits per heavy atom. The summed E-state index contributed by atoms with van der Waals surface area (Å²) in [4.78, 5) is 13.2. The molecule has 0 heterocycles. The molecular formula is C21H22O3. The quantitative estimate of drug-likeness (QED) is 0.846. The summed E-state index contributed by atoms with van der Waals surface area (Å²) < 4.78 is 5.39. The first-order valence-electron chi connectivity index (χ1n) is 9.03. The molecule has 0 aliphatic heterocycles. The number of hydrogen-bond acceptors (Lipinski definition) is 3. The summed E-state index contributed by atoms with van der Waals surface area (Å²) >= 11 is 0. The maximum atomic E-state index is 13.2. The van der Waals surface area contributed by atoms with Gasteiger partial charge in [0, 0.05) is 11.8 Å². The molecule has 24 heavy (non-hydrogen) atoms. The van der Waals surface area contributed by atoms with E-state index in [9.17, 15) is 9.90 Å². The average Bonchev–Trinajstić information content (AvgIpc) is 3.42. The molecule has 2 fully saturated rings. The van der Waals surface area contributed by atoms with Crippen molar-refractivity contribution >= 4 is 11.4 Å². The van der Waals surface area contributed by atoms with E-state index >= 15 is 0 Å². The summed E-state index contributed by atoms with van der Waals surface area (Å²) in [6, 6.07) is 5.99. The predicted octanol–water partition coefficient (Wildman–Crippen LogP) is 4.25. The highest BCUT2D eigenvalue weighted by Gasteiger charge is 2.53. The minimum Gasteiger partial charge on any atom is -0.511 e. The van der Waals surface area contributed by atoms with E-state index in [2.05, 4.69) is 18.2 Å².